The predicted molar refractivity (Wildman–Crippen MR) is 92.7 cm³/mol. The van der Waals surface area contributed by atoms with E-state index in [1.54, 1.807) is 6.33 Å². The number of nitrogens with zero attached hydrogens (tertiary/aromatic N) is 5. The van der Waals surface area contributed by atoms with Crippen LogP contribution in [0.15, 0.2) is 54.9 Å². The molecule has 2 aromatic heterocycles. The maximum Gasteiger partial charge on any atom is 0.146 e. The molecule has 5 nitrogen and oxygen atoms in total. The van der Waals surface area contributed by atoms with Gasteiger partial charge in [-0.1, -0.05) is 24.3 Å². The first-order chi connectivity index (χ1) is 11.8. The smallest absolute Gasteiger partial charge is 0.146 e. The van der Waals surface area contributed by atoms with Crippen LogP contribution in [0.4, 0.5) is 0 Å². The first-order valence-electron chi connectivity index (χ1n) is 8.43. The highest BCUT2D eigenvalue weighted by Crippen LogP contribution is 2.32. The van der Waals surface area contributed by atoms with Crippen LogP contribution in [0.2, 0.25) is 0 Å². The minimum absolute atomic E-state index is 0.367. The van der Waals surface area contributed by atoms with Crippen LogP contribution in [0.5, 0.6) is 0 Å². The maximum atomic E-state index is 4.73. The normalized spacial score (nSPS) is 18.1. The van der Waals surface area contributed by atoms with Crippen LogP contribution < -0.4 is 0 Å². The van der Waals surface area contributed by atoms with Gasteiger partial charge < -0.3 is 0 Å². The van der Waals surface area contributed by atoms with Gasteiger partial charge in [-0.15, -0.1) is 0 Å². The van der Waals surface area contributed by atoms with Crippen molar-refractivity contribution >= 4 is 0 Å². The van der Waals surface area contributed by atoms with E-state index < -0.39 is 0 Å². The number of hydrogen-bond acceptors (Lipinski definition) is 4. The summed E-state index contributed by atoms with van der Waals surface area (Å²) in [5, 5.41) is 4.40. The SMILES string of the molecule is Cc1cccc([C@H]2CCCN2Cc2ncnn2-c2ccccc2)n1. The summed E-state index contributed by atoms with van der Waals surface area (Å²) >= 11 is 0. The summed E-state index contributed by atoms with van der Waals surface area (Å²) in [6.07, 6.45) is 3.98. The number of para-hydroxylation sites is 1. The largest absolute Gasteiger partial charge is 0.287 e. The second kappa shape index (κ2) is 6.53. The third-order valence-electron chi connectivity index (χ3n) is 4.58. The lowest BCUT2D eigenvalue weighted by molar-refractivity contribution is 0.236. The van der Waals surface area contributed by atoms with Gasteiger partial charge in [-0.25, -0.2) is 9.67 Å². The molecule has 1 aliphatic rings. The van der Waals surface area contributed by atoms with E-state index in [1.807, 2.05) is 22.9 Å². The van der Waals surface area contributed by atoms with Gasteiger partial charge in [0.1, 0.15) is 12.2 Å². The number of likely N-dealkylation sites (tertiary alicyclic amines) is 1. The van der Waals surface area contributed by atoms with Crippen molar-refractivity contribution in [3.05, 3.63) is 72.1 Å². The molecule has 4 rings (SSSR count). The summed E-state index contributed by atoms with van der Waals surface area (Å²) in [6, 6.07) is 16.8. The van der Waals surface area contributed by atoms with Gasteiger partial charge in [0.15, 0.2) is 0 Å². The van der Waals surface area contributed by atoms with Crippen LogP contribution >= 0.6 is 0 Å². The summed E-state index contributed by atoms with van der Waals surface area (Å²) in [5.74, 6) is 0.973. The molecule has 3 heterocycles. The Morgan fingerprint density at radius 3 is 2.79 bits per heavy atom. The Bertz CT molecular complexity index is 811. The van der Waals surface area contributed by atoms with E-state index in [0.29, 0.717) is 6.04 Å². The van der Waals surface area contributed by atoms with E-state index in [-0.39, 0.29) is 0 Å². The molecule has 0 saturated carbocycles. The van der Waals surface area contributed by atoms with Crippen LogP contribution in [-0.2, 0) is 6.54 Å². The zero-order chi connectivity index (χ0) is 16.4. The minimum Gasteiger partial charge on any atom is -0.287 e. The molecule has 1 atom stereocenters. The third kappa shape index (κ3) is 2.95. The Labute approximate surface area is 142 Å². The molecule has 0 spiro atoms. The summed E-state index contributed by atoms with van der Waals surface area (Å²) in [7, 11) is 0. The Morgan fingerprint density at radius 1 is 1.08 bits per heavy atom. The van der Waals surface area contributed by atoms with E-state index in [4.69, 9.17) is 4.98 Å². The predicted octanol–water partition coefficient (Wildman–Crippen LogP) is 3.31. The summed E-state index contributed by atoms with van der Waals surface area (Å²) in [6.45, 7) is 3.91. The van der Waals surface area contributed by atoms with Crippen molar-refractivity contribution in [1.29, 1.82) is 0 Å². The molecule has 1 aliphatic heterocycles. The lowest BCUT2D eigenvalue weighted by Gasteiger charge is -2.24. The average molecular weight is 319 g/mol. The molecule has 122 valence electrons. The molecule has 0 radical (unpaired) electrons. The number of hydrogen-bond donors (Lipinski definition) is 0. The van der Waals surface area contributed by atoms with E-state index in [0.717, 1.165) is 36.7 Å². The van der Waals surface area contributed by atoms with Gasteiger partial charge in [0.05, 0.1) is 24.0 Å². The standard InChI is InChI=1S/C19H21N5/c1-15-7-5-10-17(22-15)18-11-6-12-23(18)13-19-20-14-21-24(19)16-8-3-2-4-9-16/h2-5,7-10,14,18H,6,11-13H2,1H3/t18-/m1/s1. The van der Waals surface area contributed by atoms with Crippen LogP contribution in [0.25, 0.3) is 5.69 Å². The summed E-state index contributed by atoms with van der Waals surface area (Å²) in [5.41, 5.74) is 3.29. The second-order valence-electron chi connectivity index (χ2n) is 6.26. The molecule has 3 aromatic rings. The number of pyridine rings is 1. The fourth-order valence-electron chi connectivity index (χ4n) is 3.44. The zero-order valence-electron chi connectivity index (χ0n) is 13.8. The first kappa shape index (κ1) is 15.0. The van der Waals surface area contributed by atoms with E-state index in [9.17, 15) is 0 Å². The molecule has 1 fully saturated rings. The Hall–Kier alpha value is -2.53. The minimum atomic E-state index is 0.367. The van der Waals surface area contributed by atoms with Gasteiger partial charge in [-0.2, -0.15) is 5.10 Å². The third-order valence-corrected chi connectivity index (χ3v) is 4.58. The Balaban J connectivity index is 1.58. The average Bonchev–Trinajstić information content (AvgIpc) is 3.25. The van der Waals surface area contributed by atoms with Crippen molar-refractivity contribution in [2.45, 2.75) is 32.4 Å². The van der Waals surface area contributed by atoms with Crippen molar-refractivity contribution < 1.29 is 0 Å². The molecule has 0 unspecified atom stereocenters. The second-order valence-corrected chi connectivity index (χ2v) is 6.26. The highest BCUT2D eigenvalue weighted by molar-refractivity contribution is 5.30. The van der Waals surface area contributed by atoms with Crippen LogP contribution in [-0.4, -0.2) is 31.2 Å². The van der Waals surface area contributed by atoms with Crippen molar-refractivity contribution in [2.24, 2.45) is 0 Å². The lowest BCUT2D eigenvalue weighted by Crippen LogP contribution is -2.25. The molecule has 24 heavy (non-hydrogen) atoms. The van der Waals surface area contributed by atoms with Crippen molar-refractivity contribution in [3.8, 4) is 5.69 Å². The topological polar surface area (TPSA) is 46.8 Å². The van der Waals surface area contributed by atoms with Crippen molar-refractivity contribution in [1.82, 2.24) is 24.6 Å². The van der Waals surface area contributed by atoms with Gasteiger partial charge in [0.2, 0.25) is 0 Å². The van der Waals surface area contributed by atoms with Crippen molar-refractivity contribution in [2.75, 3.05) is 6.54 Å². The number of aryl methyl sites for hydroxylation is 1. The van der Waals surface area contributed by atoms with Gasteiger partial charge in [-0.3, -0.25) is 9.88 Å². The van der Waals surface area contributed by atoms with Gasteiger partial charge in [-0.05, 0) is 50.6 Å². The molecule has 5 heteroatoms. The van der Waals surface area contributed by atoms with Crippen LogP contribution in [0.3, 0.4) is 0 Å². The van der Waals surface area contributed by atoms with E-state index in [1.165, 1.54) is 12.1 Å². The lowest BCUT2D eigenvalue weighted by atomic mass is 10.1. The van der Waals surface area contributed by atoms with Gasteiger partial charge in [0.25, 0.3) is 0 Å². The molecule has 1 saturated heterocycles. The molecular weight excluding hydrogens is 298 g/mol. The van der Waals surface area contributed by atoms with E-state index >= 15 is 0 Å². The quantitative estimate of drug-likeness (QED) is 0.740. The molecule has 0 aliphatic carbocycles. The van der Waals surface area contributed by atoms with Crippen molar-refractivity contribution in [3.63, 3.8) is 0 Å². The summed E-state index contributed by atoms with van der Waals surface area (Å²) in [4.78, 5) is 11.7. The fourth-order valence-corrected chi connectivity index (χ4v) is 3.44. The molecule has 0 bridgehead atoms. The summed E-state index contributed by atoms with van der Waals surface area (Å²) < 4.78 is 1.93. The molecule has 0 N–H and O–H groups in total. The van der Waals surface area contributed by atoms with Crippen LogP contribution in [0.1, 0.15) is 36.1 Å². The first-order valence-corrected chi connectivity index (χ1v) is 8.43. The fraction of sp³-hybridized carbons (Fsp3) is 0.316. The number of benzene rings is 1. The molecular formula is C19H21N5. The molecule has 1 aromatic carbocycles. The van der Waals surface area contributed by atoms with Gasteiger partial charge >= 0.3 is 0 Å². The van der Waals surface area contributed by atoms with Crippen LogP contribution in [0, 0.1) is 6.92 Å². The number of rotatable bonds is 4. The monoisotopic (exact) mass is 319 g/mol. The highest BCUT2D eigenvalue weighted by Gasteiger charge is 2.28. The van der Waals surface area contributed by atoms with Gasteiger partial charge in [0, 0.05) is 5.69 Å². The number of aromatic nitrogens is 4. The highest BCUT2D eigenvalue weighted by atomic mass is 15.4. The van der Waals surface area contributed by atoms with E-state index in [2.05, 4.69) is 52.2 Å². The maximum absolute atomic E-state index is 4.73. The zero-order valence-corrected chi connectivity index (χ0v) is 13.8. The molecule has 0 amide bonds. The Kier molecular flexibility index (Phi) is 4.09. The Morgan fingerprint density at radius 2 is 1.96 bits per heavy atom.